The highest BCUT2D eigenvalue weighted by atomic mass is 32.2. The van der Waals surface area contributed by atoms with E-state index in [1.807, 2.05) is 19.1 Å². The summed E-state index contributed by atoms with van der Waals surface area (Å²) in [5, 5.41) is 0. The molecule has 19 heavy (non-hydrogen) atoms. The highest BCUT2D eigenvalue weighted by Gasteiger charge is 2.25. The number of nitrogens with zero attached hydrogens (tertiary/aromatic N) is 1. The number of hydrogen-bond donors (Lipinski definition) is 2. The van der Waals surface area contributed by atoms with Crippen LogP contribution < -0.4 is 10.5 Å². The predicted octanol–water partition coefficient (Wildman–Crippen LogP) is 0.695. The van der Waals surface area contributed by atoms with Crippen LogP contribution in [0.2, 0.25) is 0 Å². The molecule has 0 amide bonds. The Kier molecular flexibility index (Phi) is 4.41. The van der Waals surface area contributed by atoms with Gasteiger partial charge >= 0.3 is 10.2 Å². The number of rotatable bonds is 4. The van der Waals surface area contributed by atoms with E-state index in [4.69, 9.17) is 10.5 Å². The fourth-order valence-electron chi connectivity index (χ4n) is 1.98. The molecule has 0 spiro atoms. The molecule has 1 saturated heterocycles. The Morgan fingerprint density at radius 2 is 1.95 bits per heavy atom. The minimum Gasteiger partial charge on any atom is -0.379 e. The zero-order chi connectivity index (χ0) is 13.9. The van der Waals surface area contributed by atoms with Crippen molar-refractivity contribution in [3.8, 4) is 0 Å². The first-order valence-corrected chi connectivity index (χ1v) is 7.65. The molecule has 1 aromatic carbocycles. The molecule has 0 bridgehead atoms. The second kappa shape index (κ2) is 5.87. The molecule has 1 aromatic rings. The zero-order valence-corrected chi connectivity index (χ0v) is 11.7. The van der Waals surface area contributed by atoms with Crippen molar-refractivity contribution < 1.29 is 13.2 Å². The van der Waals surface area contributed by atoms with Crippen molar-refractivity contribution in [2.24, 2.45) is 5.73 Å². The maximum Gasteiger partial charge on any atom is 0.301 e. The van der Waals surface area contributed by atoms with Gasteiger partial charge in [0.25, 0.3) is 0 Å². The summed E-state index contributed by atoms with van der Waals surface area (Å²) >= 11 is 0. The summed E-state index contributed by atoms with van der Waals surface area (Å²) in [5.41, 5.74) is 7.15. The molecule has 0 aromatic heterocycles. The lowest BCUT2D eigenvalue weighted by atomic mass is 10.1. The second-order valence-electron chi connectivity index (χ2n) is 4.49. The summed E-state index contributed by atoms with van der Waals surface area (Å²) in [5.74, 6) is 0. The quantitative estimate of drug-likeness (QED) is 0.852. The van der Waals surface area contributed by atoms with Gasteiger partial charge in [0.05, 0.1) is 18.9 Å². The maximum atomic E-state index is 12.2. The summed E-state index contributed by atoms with van der Waals surface area (Å²) in [7, 11) is -3.54. The van der Waals surface area contributed by atoms with Crippen molar-refractivity contribution in [2.45, 2.75) is 13.0 Å². The summed E-state index contributed by atoms with van der Waals surface area (Å²) < 4.78 is 33.6. The fraction of sp³-hybridized carbons (Fsp3) is 0.500. The normalized spacial score (nSPS) is 19.1. The Morgan fingerprint density at radius 3 is 2.58 bits per heavy atom. The Labute approximate surface area is 113 Å². The molecule has 1 unspecified atom stereocenters. The minimum absolute atomic E-state index is 0.233. The van der Waals surface area contributed by atoms with Crippen molar-refractivity contribution in [3.63, 3.8) is 0 Å². The third-order valence-electron chi connectivity index (χ3n) is 3.00. The molecule has 106 valence electrons. The molecule has 1 aliphatic heterocycles. The van der Waals surface area contributed by atoms with Gasteiger partial charge in [0.1, 0.15) is 0 Å². The van der Waals surface area contributed by atoms with E-state index in [9.17, 15) is 8.42 Å². The highest BCUT2D eigenvalue weighted by molar-refractivity contribution is 7.90. The molecule has 2 rings (SSSR count). The number of anilines is 1. The molecule has 1 heterocycles. The van der Waals surface area contributed by atoms with E-state index in [0.29, 0.717) is 32.0 Å². The Balaban J connectivity index is 2.20. The van der Waals surface area contributed by atoms with Crippen LogP contribution in [0.5, 0.6) is 0 Å². The Bertz CT molecular complexity index is 525. The molecule has 1 fully saturated rings. The van der Waals surface area contributed by atoms with Gasteiger partial charge in [0, 0.05) is 19.1 Å². The van der Waals surface area contributed by atoms with Crippen molar-refractivity contribution >= 4 is 15.9 Å². The average molecular weight is 285 g/mol. The van der Waals surface area contributed by atoms with Crippen molar-refractivity contribution in [1.29, 1.82) is 0 Å². The standard InChI is InChI=1S/C12H19N3O3S/c1-10(13)11-4-2-3-5-12(11)14-19(16,17)15-6-8-18-9-7-15/h2-5,10,14H,6-9,13H2,1H3. The van der Waals surface area contributed by atoms with Gasteiger partial charge in [-0.3, -0.25) is 4.72 Å². The van der Waals surface area contributed by atoms with Crippen molar-refractivity contribution in [3.05, 3.63) is 29.8 Å². The van der Waals surface area contributed by atoms with Crippen LogP contribution in [0.4, 0.5) is 5.69 Å². The van der Waals surface area contributed by atoms with Crippen LogP contribution in [0.15, 0.2) is 24.3 Å². The van der Waals surface area contributed by atoms with Gasteiger partial charge in [-0.15, -0.1) is 0 Å². The monoisotopic (exact) mass is 285 g/mol. The van der Waals surface area contributed by atoms with E-state index in [1.54, 1.807) is 12.1 Å². The average Bonchev–Trinajstić information content (AvgIpc) is 2.39. The molecule has 0 radical (unpaired) electrons. The van der Waals surface area contributed by atoms with E-state index in [-0.39, 0.29) is 6.04 Å². The molecule has 0 aliphatic carbocycles. The summed E-state index contributed by atoms with van der Waals surface area (Å²) in [6, 6.07) is 6.93. The number of nitrogens with one attached hydrogen (secondary N) is 1. The van der Waals surface area contributed by atoms with E-state index < -0.39 is 10.2 Å². The number of hydrogen-bond acceptors (Lipinski definition) is 4. The number of para-hydroxylation sites is 1. The number of ether oxygens (including phenoxy) is 1. The third kappa shape index (κ3) is 3.44. The molecule has 3 N–H and O–H groups in total. The van der Waals surface area contributed by atoms with Crippen LogP contribution in [0.1, 0.15) is 18.5 Å². The van der Waals surface area contributed by atoms with Crippen LogP contribution in [0.3, 0.4) is 0 Å². The summed E-state index contributed by atoms with van der Waals surface area (Å²) in [4.78, 5) is 0. The van der Waals surface area contributed by atoms with Gasteiger partial charge in [-0.25, -0.2) is 0 Å². The van der Waals surface area contributed by atoms with Gasteiger partial charge in [-0.05, 0) is 18.6 Å². The first kappa shape index (κ1) is 14.3. The second-order valence-corrected chi connectivity index (χ2v) is 6.17. The van der Waals surface area contributed by atoms with Crippen LogP contribution in [-0.2, 0) is 14.9 Å². The largest absolute Gasteiger partial charge is 0.379 e. The fourth-order valence-corrected chi connectivity index (χ4v) is 3.20. The SMILES string of the molecule is CC(N)c1ccccc1NS(=O)(=O)N1CCOCC1. The topological polar surface area (TPSA) is 84.7 Å². The van der Waals surface area contributed by atoms with Crippen LogP contribution in [0, 0.1) is 0 Å². The Morgan fingerprint density at radius 1 is 1.32 bits per heavy atom. The maximum absolute atomic E-state index is 12.2. The van der Waals surface area contributed by atoms with E-state index >= 15 is 0 Å². The first-order valence-electron chi connectivity index (χ1n) is 6.21. The van der Waals surface area contributed by atoms with Crippen molar-refractivity contribution in [2.75, 3.05) is 31.0 Å². The minimum atomic E-state index is -3.54. The Hall–Kier alpha value is -1.15. The molecular weight excluding hydrogens is 266 g/mol. The predicted molar refractivity (Wildman–Crippen MR) is 74.0 cm³/mol. The zero-order valence-electron chi connectivity index (χ0n) is 10.9. The number of benzene rings is 1. The van der Waals surface area contributed by atoms with Gasteiger partial charge in [-0.2, -0.15) is 12.7 Å². The number of nitrogens with two attached hydrogens (primary N) is 1. The van der Waals surface area contributed by atoms with Crippen molar-refractivity contribution in [1.82, 2.24) is 4.31 Å². The van der Waals surface area contributed by atoms with E-state index in [1.165, 1.54) is 4.31 Å². The molecule has 6 nitrogen and oxygen atoms in total. The van der Waals surface area contributed by atoms with E-state index in [0.717, 1.165) is 5.56 Å². The summed E-state index contributed by atoms with van der Waals surface area (Å²) in [6.45, 7) is 3.42. The third-order valence-corrected chi connectivity index (χ3v) is 4.52. The molecule has 1 atom stereocenters. The molecular formula is C12H19N3O3S. The van der Waals surface area contributed by atoms with Crippen LogP contribution in [0.25, 0.3) is 0 Å². The van der Waals surface area contributed by atoms with Gasteiger partial charge < -0.3 is 10.5 Å². The summed E-state index contributed by atoms with van der Waals surface area (Å²) in [6.07, 6.45) is 0. The van der Waals surface area contributed by atoms with Gasteiger partial charge in [-0.1, -0.05) is 18.2 Å². The highest BCUT2D eigenvalue weighted by Crippen LogP contribution is 2.22. The lowest BCUT2D eigenvalue weighted by Crippen LogP contribution is -2.43. The van der Waals surface area contributed by atoms with Gasteiger partial charge in [0.15, 0.2) is 0 Å². The lowest BCUT2D eigenvalue weighted by Gasteiger charge is -2.27. The molecule has 0 saturated carbocycles. The first-order chi connectivity index (χ1) is 9.00. The van der Waals surface area contributed by atoms with Crippen LogP contribution >= 0.6 is 0 Å². The molecule has 1 aliphatic rings. The van der Waals surface area contributed by atoms with Crippen LogP contribution in [-0.4, -0.2) is 39.0 Å². The van der Waals surface area contributed by atoms with E-state index in [2.05, 4.69) is 4.72 Å². The number of morpholine rings is 1. The lowest BCUT2D eigenvalue weighted by molar-refractivity contribution is 0.0733. The smallest absolute Gasteiger partial charge is 0.301 e. The van der Waals surface area contributed by atoms with Gasteiger partial charge in [0.2, 0.25) is 0 Å². The molecule has 7 heteroatoms.